The maximum Gasteiger partial charge on any atom is 0.245 e. The highest BCUT2D eigenvalue weighted by Gasteiger charge is 2.56. The molecule has 0 radical (unpaired) electrons. The van der Waals surface area contributed by atoms with E-state index in [0.29, 0.717) is 24.3 Å². The zero-order chi connectivity index (χ0) is 24.0. The fraction of sp³-hybridized carbons (Fsp3) is 0.520. The number of carbonyl (C=O) groups is 3. The number of likely N-dealkylation sites (N-methyl/N-ethyl adjacent to an activating group) is 1. The highest BCUT2D eigenvalue weighted by Crippen LogP contribution is 2.55. The molecule has 0 bridgehead atoms. The van der Waals surface area contributed by atoms with Crippen molar-refractivity contribution >= 4 is 28.9 Å². The summed E-state index contributed by atoms with van der Waals surface area (Å²) in [4.78, 5) is 47.8. The molecule has 3 aliphatic rings. The molecule has 1 spiro atoms. The van der Waals surface area contributed by atoms with Crippen molar-refractivity contribution in [3.63, 3.8) is 0 Å². The number of aromatic nitrogens is 1. The van der Waals surface area contributed by atoms with Gasteiger partial charge in [0, 0.05) is 24.0 Å². The number of carbonyl (C=O) groups excluding carboxylic acids is 3. The van der Waals surface area contributed by atoms with Crippen molar-refractivity contribution in [2.45, 2.75) is 57.2 Å². The summed E-state index contributed by atoms with van der Waals surface area (Å²) in [5.74, 6) is -0.693. The minimum atomic E-state index is -0.438. The SMILES string of the molecule is CN[C@H](C)C(=O)N1CC2(CC2)C[C@@H]1C(=O)N1CCC[C@@H]1c1nc(C(=O)c2ccc(F)cc2)cs1. The van der Waals surface area contributed by atoms with E-state index in [1.165, 1.54) is 35.6 Å². The lowest BCUT2D eigenvalue weighted by Crippen LogP contribution is -2.51. The lowest BCUT2D eigenvalue weighted by atomic mass is 10.0. The van der Waals surface area contributed by atoms with Gasteiger partial charge in [0.15, 0.2) is 0 Å². The minimum Gasteiger partial charge on any atom is -0.331 e. The largest absolute Gasteiger partial charge is 0.331 e. The van der Waals surface area contributed by atoms with Crippen LogP contribution in [0.25, 0.3) is 0 Å². The first-order valence-corrected chi connectivity index (χ1v) is 12.7. The summed E-state index contributed by atoms with van der Waals surface area (Å²) in [6.45, 7) is 3.10. The van der Waals surface area contributed by atoms with Crippen LogP contribution < -0.4 is 5.32 Å². The van der Waals surface area contributed by atoms with Gasteiger partial charge in [-0.05, 0) is 75.8 Å². The predicted molar refractivity (Wildman–Crippen MR) is 126 cm³/mol. The maximum absolute atomic E-state index is 13.8. The Labute approximate surface area is 202 Å². The average molecular weight is 485 g/mol. The van der Waals surface area contributed by atoms with Gasteiger partial charge in [0.05, 0.1) is 12.1 Å². The smallest absolute Gasteiger partial charge is 0.245 e. The van der Waals surface area contributed by atoms with Gasteiger partial charge >= 0.3 is 0 Å². The molecule has 1 aliphatic carbocycles. The standard InChI is InChI=1S/C25H29FN4O3S/c1-15(27-2)23(32)30-14-25(9-10-25)12-20(30)24(33)29-11-3-4-19(29)22-28-18(13-34-22)21(31)16-5-7-17(26)8-6-16/h5-8,13,15,19-20,27H,3-4,9-12,14H2,1-2H3/t15-,19-,20-/m1/s1. The number of nitrogens with one attached hydrogen (secondary N) is 1. The molecule has 5 rings (SSSR count). The van der Waals surface area contributed by atoms with Gasteiger partial charge in [0.25, 0.3) is 0 Å². The highest BCUT2D eigenvalue weighted by molar-refractivity contribution is 7.10. The molecule has 1 aromatic carbocycles. The Hall–Kier alpha value is -2.65. The summed E-state index contributed by atoms with van der Waals surface area (Å²) >= 11 is 1.37. The van der Waals surface area contributed by atoms with E-state index in [9.17, 15) is 18.8 Å². The summed E-state index contributed by atoms with van der Waals surface area (Å²) in [6, 6.07) is 4.45. The van der Waals surface area contributed by atoms with Crippen LogP contribution in [-0.2, 0) is 9.59 Å². The van der Waals surface area contributed by atoms with Gasteiger partial charge in [-0.3, -0.25) is 14.4 Å². The fourth-order valence-electron chi connectivity index (χ4n) is 5.19. The van der Waals surface area contributed by atoms with E-state index >= 15 is 0 Å². The third kappa shape index (κ3) is 4.15. The summed E-state index contributed by atoms with van der Waals surface area (Å²) in [7, 11) is 1.76. The van der Waals surface area contributed by atoms with Crippen molar-refractivity contribution in [1.29, 1.82) is 0 Å². The Morgan fingerprint density at radius 3 is 2.62 bits per heavy atom. The summed E-state index contributed by atoms with van der Waals surface area (Å²) in [5.41, 5.74) is 0.795. The van der Waals surface area contributed by atoms with E-state index in [1.54, 1.807) is 17.3 Å². The van der Waals surface area contributed by atoms with Crippen molar-refractivity contribution in [3.8, 4) is 0 Å². The van der Waals surface area contributed by atoms with Crippen molar-refractivity contribution < 1.29 is 18.8 Å². The molecule has 2 aromatic rings. The van der Waals surface area contributed by atoms with Crippen LogP contribution in [0.15, 0.2) is 29.6 Å². The molecule has 2 aliphatic heterocycles. The quantitative estimate of drug-likeness (QED) is 0.637. The Kier molecular flexibility index (Phi) is 6.02. The molecular weight excluding hydrogens is 455 g/mol. The van der Waals surface area contributed by atoms with Gasteiger partial charge < -0.3 is 15.1 Å². The van der Waals surface area contributed by atoms with Crippen LogP contribution in [0, 0.1) is 11.2 Å². The molecule has 1 saturated carbocycles. The number of benzene rings is 1. The molecule has 1 N–H and O–H groups in total. The summed E-state index contributed by atoms with van der Waals surface area (Å²) in [6.07, 6.45) is 4.50. The van der Waals surface area contributed by atoms with Crippen molar-refractivity contribution in [2.75, 3.05) is 20.1 Å². The number of thiazole rings is 1. The highest BCUT2D eigenvalue weighted by atomic mass is 32.1. The van der Waals surface area contributed by atoms with Gasteiger partial charge in [-0.2, -0.15) is 0 Å². The molecular formula is C25H29FN4O3S. The number of amides is 2. The van der Waals surface area contributed by atoms with Crippen LogP contribution in [0.3, 0.4) is 0 Å². The molecule has 34 heavy (non-hydrogen) atoms. The molecule has 180 valence electrons. The van der Waals surface area contributed by atoms with Crippen LogP contribution in [-0.4, -0.2) is 64.6 Å². The van der Waals surface area contributed by atoms with E-state index in [2.05, 4.69) is 10.3 Å². The average Bonchev–Trinajstić information content (AvgIpc) is 3.23. The van der Waals surface area contributed by atoms with Crippen LogP contribution in [0.1, 0.15) is 66.1 Å². The summed E-state index contributed by atoms with van der Waals surface area (Å²) < 4.78 is 13.2. The van der Waals surface area contributed by atoms with Crippen molar-refractivity contribution in [2.24, 2.45) is 5.41 Å². The minimum absolute atomic E-state index is 0.00969. The number of ketones is 1. The topological polar surface area (TPSA) is 82.6 Å². The lowest BCUT2D eigenvalue weighted by Gasteiger charge is -2.32. The van der Waals surface area contributed by atoms with Crippen LogP contribution in [0.4, 0.5) is 4.39 Å². The van der Waals surface area contributed by atoms with Gasteiger partial charge in [-0.25, -0.2) is 9.37 Å². The van der Waals surface area contributed by atoms with E-state index in [-0.39, 0.29) is 35.1 Å². The van der Waals surface area contributed by atoms with Crippen LogP contribution in [0.2, 0.25) is 0 Å². The maximum atomic E-state index is 13.8. The van der Waals surface area contributed by atoms with E-state index in [4.69, 9.17) is 0 Å². The van der Waals surface area contributed by atoms with Crippen LogP contribution in [0.5, 0.6) is 0 Å². The number of likely N-dealkylation sites (tertiary alicyclic amines) is 2. The monoisotopic (exact) mass is 484 g/mol. The number of hydrogen-bond acceptors (Lipinski definition) is 6. The van der Waals surface area contributed by atoms with Crippen molar-refractivity contribution in [1.82, 2.24) is 20.1 Å². The zero-order valence-corrected chi connectivity index (χ0v) is 20.2. The molecule has 7 nitrogen and oxygen atoms in total. The first-order valence-electron chi connectivity index (χ1n) is 11.9. The molecule has 3 fully saturated rings. The lowest BCUT2D eigenvalue weighted by molar-refractivity contribution is -0.145. The van der Waals surface area contributed by atoms with Crippen LogP contribution >= 0.6 is 11.3 Å². The third-order valence-electron chi connectivity index (χ3n) is 7.52. The predicted octanol–water partition coefficient (Wildman–Crippen LogP) is 3.17. The molecule has 2 saturated heterocycles. The molecule has 3 atom stereocenters. The zero-order valence-electron chi connectivity index (χ0n) is 19.4. The number of rotatable bonds is 6. The molecule has 3 heterocycles. The molecule has 1 aromatic heterocycles. The fourth-order valence-corrected chi connectivity index (χ4v) is 6.14. The second-order valence-electron chi connectivity index (χ2n) is 9.79. The molecule has 9 heteroatoms. The van der Waals surface area contributed by atoms with Gasteiger partial charge in [0.1, 0.15) is 22.6 Å². The first-order chi connectivity index (χ1) is 16.3. The molecule has 2 amide bonds. The second-order valence-corrected chi connectivity index (χ2v) is 10.7. The van der Waals surface area contributed by atoms with Gasteiger partial charge in [0.2, 0.25) is 17.6 Å². The third-order valence-corrected chi connectivity index (χ3v) is 8.46. The van der Waals surface area contributed by atoms with E-state index in [0.717, 1.165) is 37.1 Å². The Balaban J connectivity index is 1.35. The summed E-state index contributed by atoms with van der Waals surface area (Å²) in [5, 5.41) is 5.45. The van der Waals surface area contributed by atoms with Gasteiger partial charge in [-0.1, -0.05) is 0 Å². The normalized spacial score (nSPS) is 24.0. The van der Waals surface area contributed by atoms with Gasteiger partial charge in [-0.15, -0.1) is 11.3 Å². The van der Waals surface area contributed by atoms with E-state index in [1.807, 2.05) is 11.8 Å². The number of nitrogens with zero attached hydrogens (tertiary/aromatic N) is 3. The second kappa shape index (κ2) is 8.85. The van der Waals surface area contributed by atoms with Crippen molar-refractivity contribution in [3.05, 3.63) is 51.7 Å². The Morgan fingerprint density at radius 1 is 1.21 bits per heavy atom. The number of hydrogen-bond donors (Lipinski definition) is 1. The number of halogens is 1. The Bertz CT molecular complexity index is 1110. The van der Waals surface area contributed by atoms with E-state index < -0.39 is 11.9 Å². The molecule has 0 unspecified atom stereocenters. The Morgan fingerprint density at radius 2 is 1.94 bits per heavy atom. The first kappa shape index (κ1) is 23.1.